The molecular formula is C16H30N2O4. The van der Waals surface area contributed by atoms with Crippen LogP contribution in [0.5, 0.6) is 0 Å². The van der Waals surface area contributed by atoms with Crippen molar-refractivity contribution in [2.45, 2.75) is 46.6 Å². The van der Waals surface area contributed by atoms with Gasteiger partial charge in [-0.1, -0.05) is 27.7 Å². The Bertz CT molecular complexity index is 371. The monoisotopic (exact) mass is 314 g/mol. The summed E-state index contributed by atoms with van der Waals surface area (Å²) in [5.74, 6) is -0.752. The molecule has 0 bridgehead atoms. The van der Waals surface area contributed by atoms with Crippen LogP contribution in [0.2, 0.25) is 0 Å². The Labute approximate surface area is 133 Å². The Balaban J connectivity index is 2.53. The van der Waals surface area contributed by atoms with E-state index in [1.165, 1.54) is 0 Å². The van der Waals surface area contributed by atoms with Crippen molar-refractivity contribution in [1.29, 1.82) is 0 Å². The van der Waals surface area contributed by atoms with Gasteiger partial charge < -0.3 is 20.1 Å². The summed E-state index contributed by atoms with van der Waals surface area (Å²) in [7, 11) is 0. The molecule has 0 saturated carbocycles. The Morgan fingerprint density at radius 3 is 2.55 bits per heavy atom. The van der Waals surface area contributed by atoms with Crippen LogP contribution in [-0.2, 0) is 9.53 Å². The predicted octanol–water partition coefficient (Wildman–Crippen LogP) is 2.19. The zero-order valence-electron chi connectivity index (χ0n) is 14.2. The molecule has 6 heteroatoms. The highest BCUT2D eigenvalue weighted by molar-refractivity contribution is 5.76. The van der Waals surface area contributed by atoms with Gasteiger partial charge in [-0.3, -0.25) is 4.79 Å². The second-order valence-corrected chi connectivity index (χ2v) is 6.80. The summed E-state index contributed by atoms with van der Waals surface area (Å²) in [5.41, 5.74) is 0. The van der Waals surface area contributed by atoms with Gasteiger partial charge in [0.25, 0.3) is 0 Å². The van der Waals surface area contributed by atoms with Gasteiger partial charge in [0, 0.05) is 26.2 Å². The lowest BCUT2D eigenvalue weighted by atomic mass is 9.97. The fraction of sp³-hybridized carbons (Fsp3) is 0.875. The first-order chi connectivity index (χ1) is 10.3. The van der Waals surface area contributed by atoms with Crippen LogP contribution in [-0.4, -0.2) is 54.4 Å². The zero-order chi connectivity index (χ0) is 16.7. The highest BCUT2D eigenvalue weighted by Gasteiger charge is 2.26. The van der Waals surface area contributed by atoms with Crippen molar-refractivity contribution < 1.29 is 19.4 Å². The minimum Gasteiger partial charge on any atom is -0.481 e. The molecule has 2 unspecified atom stereocenters. The number of hydrogen-bond donors (Lipinski definition) is 2. The molecule has 1 aliphatic heterocycles. The lowest BCUT2D eigenvalue weighted by Gasteiger charge is -2.27. The van der Waals surface area contributed by atoms with E-state index in [1.807, 2.05) is 13.8 Å². The maximum atomic E-state index is 12.3. The molecule has 0 aliphatic carbocycles. The molecule has 6 nitrogen and oxygen atoms in total. The van der Waals surface area contributed by atoms with Gasteiger partial charge in [-0.05, 0) is 24.7 Å². The number of urea groups is 1. The van der Waals surface area contributed by atoms with Gasteiger partial charge in [0.05, 0.1) is 12.0 Å². The van der Waals surface area contributed by atoms with Gasteiger partial charge in [-0.2, -0.15) is 0 Å². The van der Waals surface area contributed by atoms with E-state index >= 15 is 0 Å². The summed E-state index contributed by atoms with van der Waals surface area (Å²) >= 11 is 0. The van der Waals surface area contributed by atoms with Crippen LogP contribution in [0.3, 0.4) is 0 Å². The normalized spacial score (nSPS) is 20.8. The molecule has 1 rings (SSSR count). The van der Waals surface area contributed by atoms with Gasteiger partial charge in [0.1, 0.15) is 0 Å². The van der Waals surface area contributed by atoms with E-state index < -0.39 is 11.9 Å². The van der Waals surface area contributed by atoms with Gasteiger partial charge in [-0.15, -0.1) is 0 Å². The van der Waals surface area contributed by atoms with Crippen molar-refractivity contribution in [3.8, 4) is 0 Å². The van der Waals surface area contributed by atoms with Gasteiger partial charge in [0.15, 0.2) is 0 Å². The number of nitrogens with zero attached hydrogens (tertiary/aromatic N) is 1. The minimum atomic E-state index is -0.853. The molecule has 0 aromatic heterocycles. The van der Waals surface area contributed by atoms with Gasteiger partial charge >= 0.3 is 12.0 Å². The minimum absolute atomic E-state index is 0.0409. The van der Waals surface area contributed by atoms with Crippen LogP contribution in [0, 0.1) is 17.8 Å². The molecule has 0 aromatic carbocycles. The van der Waals surface area contributed by atoms with Crippen molar-refractivity contribution in [1.82, 2.24) is 10.2 Å². The number of nitrogens with one attached hydrogen (secondary N) is 1. The topological polar surface area (TPSA) is 78.9 Å². The molecule has 0 radical (unpaired) electrons. The molecule has 1 heterocycles. The molecule has 0 spiro atoms. The number of carbonyl (C=O) groups excluding carboxylic acids is 1. The highest BCUT2D eigenvalue weighted by atomic mass is 16.5. The average molecular weight is 314 g/mol. The van der Waals surface area contributed by atoms with Crippen LogP contribution in [0.4, 0.5) is 4.79 Å². The summed E-state index contributed by atoms with van der Waals surface area (Å²) in [6.45, 7) is 10.2. The molecule has 0 aromatic rings. The summed E-state index contributed by atoms with van der Waals surface area (Å²) in [5, 5.41) is 12.0. The fourth-order valence-electron chi connectivity index (χ4n) is 2.60. The standard InChI is InChI=1S/C16H30N2O4/c1-11(2)8-13(15(19)20)9-17-16(21)18-6-5-7-22-14(10-18)12(3)4/h11-14H,5-10H2,1-4H3,(H,17,21)(H,19,20). The van der Waals surface area contributed by atoms with E-state index in [1.54, 1.807) is 4.90 Å². The first kappa shape index (κ1) is 18.7. The second kappa shape index (κ2) is 8.98. The van der Waals surface area contributed by atoms with E-state index in [4.69, 9.17) is 4.74 Å². The summed E-state index contributed by atoms with van der Waals surface area (Å²) < 4.78 is 5.75. The Hall–Kier alpha value is -1.30. The molecule has 2 atom stereocenters. The van der Waals surface area contributed by atoms with Gasteiger partial charge in [0.2, 0.25) is 0 Å². The number of ether oxygens (including phenoxy) is 1. The Morgan fingerprint density at radius 2 is 2.00 bits per heavy atom. The SMILES string of the molecule is CC(C)CC(CNC(=O)N1CCCOC(C(C)C)C1)C(=O)O. The van der Waals surface area contributed by atoms with Crippen molar-refractivity contribution in [2.75, 3.05) is 26.2 Å². The van der Waals surface area contributed by atoms with Crippen molar-refractivity contribution in [3.05, 3.63) is 0 Å². The van der Waals surface area contributed by atoms with Crippen LogP contribution in [0.15, 0.2) is 0 Å². The van der Waals surface area contributed by atoms with Gasteiger partial charge in [-0.25, -0.2) is 4.79 Å². The number of amides is 2. The van der Waals surface area contributed by atoms with Crippen molar-refractivity contribution >= 4 is 12.0 Å². The number of rotatable bonds is 6. The number of aliphatic carboxylic acids is 1. The van der Waals surface area contributed by atoms with E-state index in [-0.39, 0.29) is 24.6 Å². The van der Waals surface area contributed by atoms with Crippen molar-refractivity contribution in [2.24, 2.45) is 17.8 Å². The van der Waals surface area contributed by atoms with Crippen LogP contribution >= 0.6 is 0 Å². The maximum Gasteiger partial charge on any atom is 0.317 e. The van der Waals surface area contributed by atoms with Crippen molar-refractivity contribution in [3.63, 3.8) is 0 Å². The average Bonchev–Trinajstić information content (AvgIpc) is 2.68. The summed E-state index contributed by atoms with van der Waals surface area (Å²) in [6, 6.07) is -0.189. The molecule has 128 valence electrons. The smallest absolute Gasteiger partial charge is 0.317 e. The van der Waals surface area contributed by atoms with Crippen LogP contribution in [0.25, 0.3) is 0 Å². The molecule has 2 N–H and O–H groups in total. The molecule has 1 aliphatic rings. The van der Waals surface area contributed by atoms with Crippen LogP contribution < -0.4 is 5.32 Å². The van der Waals surface area contributed by atoms with E-state index in [9.17, 15) is 14.7 Å². The van der Waals surface area contributed by atoms with Crippen LogP contribution in [0.1, 0.15) is 40.5 Å². The van der Waals surface area contributed by atoms with E-state index in [0.29, 0.717) is 32.0 Å². The molecule has 1 fully saturated rings. The molecule has 1 saturated heterocycles. The maximum absolute atomic E-state index is 12.3. The highest BCUT2D eigenvalue weighted by Crippen LogP contribution is 2.14. The number of carboxylic acids is 1. The molecule has 22 heavy (non-hydrogen) atoms. The fourth-order valence-corrected chi connectivity index (χ4v) is 2.60. The Kier molecular flexibility index (Phi) is 7.65. The first-order valence-corrected chi connectivity index (χ1v) is 8.18. The number of hydrogen-bond acceptors (Lipinski definition) is 3. The van der Waals surface area contributed by atoms with E-state index in [0.717, 1.165) is 6.42 Å². The third kappa shape index (κ3) is 6.22. The second-order valence-electron chi connectivity index (χ2n) is 6.80. The first-order valence-electron chi connectivity index (χ1n) is 8.18. The lowest BCUT2D eigenvalue weighted by Crippen LogP contribution is -2.46. The largest absolute Gasteiger partial charge is 0.481 e. The predicted molar refractivity (Wildman–Crippen MR) is 84.7 cm³/mol. The quantitative estimate of drug-likeness (QED) is 0.787. The Morgan fingerprint density at radius 1 is 1.32 bits per heavy atom. The van der Waals surface area contributed by atoms with E-state index in [2.05, 4.69) is 19.2 Å². The molecular weight excluding hydrogens is 284 g/mol. The summed E-state index contributed by atoms with van der Waals surface area (Å²) in [4.78, 5) is 25.3. The third-order valence-corrected chi connectivity index (χ3v) is 3.94. The zero-order valence-corrected chi connectivity index (χ0v) is 14.2. The number of carbonyl (C=O) groups is 2. The molecule has 2 amide bonds. The third-order valence-electron chi connectivity index (χ3n) is 3.94. The lowest BCUT2D eigenvalue weighted by molar-refractivity contribution is -0.142. The number of carboxylic acid groups (broad SMARTS) is 1. The summed E-state index contributed by atoms with van der Waals surface area (Å²) in [6.07, 6.45) is 1.41.